The lowest BCUT2D eigenvalue weighted by Crippen LogP contribution is -2.06. The number of ether oxygens (including phenoxy) is 1. The fraction of sp³-hybridized carbons (Fsp3) is 0.167. The van der Waals surface area contributed by atoms with Crippen LogP contribution in [0.1, 0.15) is 5.56 Å². The van der Waals surface area contributed by atoms with Gasteiger partial charge in [-0.05, 0) is 12.1 Å². The van der Waals surface area contributed by atoms with Crippen molar-refractivity contribution < 1.29 is 14.4 Å². The summed E-state index contributed by atoms with van der Waals surface area (Å²) in [5, 5.41) is 3.59. The number of hydrogen-bond donors (Lipinski definition) is 0. The second-order valence-electron chi connectivity index (χ2n) is 3.35. The number of benzene rings is 1. The molecule has 0 aliphatic carbocycles. The zero-order chi connectivity index (χ0) is 12.3. The molecule has 88 valence electrons. The minimum absolute atomic E-state index is 0.132. The molecule has 4 nitrogen and oxygen atoms in total. The maximum Gasteiger partial charge on any atom is 0.367 e. The van der Waals surface area contributed by atoms with E-state index in [4.69, 9.17) is 16.3 Å². The van der Waals surface area contributed by atoms with Crippen LogP contribution < -0.4 is 4.74 Å². The lowest BCUT2D eigenvalue weighted by molar-refractivity contribution is -0.136. The van der Waals surface area contributed by atoms with E-state index in [0.717, 1.165) is 5.56 Å². The average molecular weight is 252 g/mol. The molecule has 0 fully saturated rings. The summed E-state index contributed by atoms with van der Waals surface area (Å²) in [5.74, 6) is 0.312. The first-order chi connectivity index (χ1) is 8.26. The van der Waals surface area contributed by atoms with Crippen molar-refractivity contribution in [1.29, 1.82) is 0 Å². The number of alkyl halides is 1. The van der Waals surface area contributed by atoms with Gasteiger partial charge in [-0.2, -0.15) is 0 Å². The number of carbonyl (C=O) groups is 1. The first kappa shape index (κ1) is 11.7. The maximum absolute atomic E-state index is 11.4. The Morgan fingerprint density at radius 1 is 1.47 bits per heavy atom. The molecule has 1 aliphatic heterocycles. The van der Waals surface area contributed by atoms with E-state index in [1.54, 1.807) is 13.2 Å². The molecule has 1 aliphatic rings. The highest BCUT2D eigenvalue weighted by Crippen LogP contribution is 2.23. The van der Waals surface area contributed by atoms with E-state index < -0.39 is 5.97 Å². The lowest BCUT2D eigenvalue weighted by Gasteiger charge is -2.04. The van der Waals surface area contributed by atoms with Crippen molar-refractivity contribution >= 4 is 29.4 Å². The first-order valence-electron chi connectivity index (χ1n) is 4.95. The number of nitrogens with zero attached hydrogens (tertiary/aromatic N) is 1. The van der Waals surface area contributed by atoms with Gasteiger partial charge in [-0.1, -0.05) is 23.4 Å². The highest BCUT2D eigenvalue weighted by atomic mass is 35.5. The van der Waals surface area contributed by atoms with Crippen molar-refractivity contribution in [2.45, 2.75) is 0 Å². The lowest BCUT2D eigenvalue weighted by atomic mass is 10.1. The summed E-state index contributed by atoms with van der Waals surface area (Å²) in [7, 11) is 1.57. The molecule has 0 amide bonds. The van der Waals surface area contributed by atoms with Gasteiger partial charge in [0.15, 0.2) is 0 Å². The molecule has 0 saturated carbocycles. The Labute approximate surface area is 103 Å². The quantitative estimate of drug-likeness (QED) is 0.470. The number of para-hydroxylation sites is 1. The smallest absolute Gasteiger partial charge is 0.367 e. The number of halogens is 1. The van der Waals surface area contributed by atoms with E-state index >= 15 is 0 Å². The highest BCUT2D eigenvalue weighted by molar-refractivity contribution is 6.38. The summed E-state index contributed by atoms with van der Waals surface area (Å²) in [6.07, 6.45) is 1.66. The number of hydrogen-bond acceptors (Lipinski definition) is 4. The van der Waals surface area contributed by atoms with Crippen LogP contribution in [0.15, 0.2) is 35.0 Å². The third-order valence-electron chi connectivity index (χ3n) is 2.33. The Balaban J connectivity index is 2.41. The molecule has 1 aromatic rings. The van der Waals surface area contributed by atoms with Crippen LogP contribution in [-0.4, -0.2) is 24.7 Å². The zero-order valence-corrected chi connectivity index (χ0v) is 9.90. The van der Waals surface area contributed by atoms with Gasteiger partial charge < -0.3 is 9.57 Å². The third kappa shape index (κ3) is 2.31. The number of oxime groups is 1. The van der Waals surface area contributed by atoms with Crippen LogP contribution >= 0.6 is 11.6 Å². The number of methoxy groups -OCH3 is 1. The molecule has 0 unspecified atom stereocenters. The summed E-state index contributed by atoms with van der Waals surface area (Å²) in [5.41, 5.74) is 1.58. The molecule has 0 spiro atoms. The van der Waals surface area contributed by atoms with Gasteiger partial charge in [-0.15, -0.1) is 11.6 Å². The van der Waals surface area contributed by atoms with Crippen molar-refractivity contribution in [3.05, 3.63) is 35.4 Å². The Morgan fingerprint density at radius 2 is 2.24 bits per heavy atom. The number of carbonyl (C=O) groups excluding carboxylic acids is 1. The van der Waals surface area contributed by atoms with Crippen LogP contribution in [0.25, 0.3) is 6.08 Å². The second kappa shape index (κ2) is 5.01. The van der Waals surface area contributed by atoms with Crippen molar-refractivity contribution in [2.75, 3.05) is 13.0 Å². The van der Waals surface area contributed by atoms with Crippen molar-refractivity contribution in [3.63, 3.8) is 0 Å². The molecule has 5 heteroatoms. The highest BCUT2D eigenvalue weighted by Gasteiger charge is 2.24. The minimum atomic E-state index is -0.494. The minimum Gasteiger partial charge on any atom is -0.496 e. The molecule has 0 saturated heterocycles. The van der Waals surface area contributed by atoms with Crippen molar-refractivity contribution in [1.82, 2.24) is 0 Å². The Bertz CT molecular complexity index is 508. The first-order valence-corrected chi connectivity index (χ1v) is 5.49. The van der Waals surface area contributed by atoms with Gasteiger partial charge in [0.25, 0.3) is 0 Å². The van der Waals surface area contributed by atoms with E-state index in [2.05, 4.69) is 9.99 Å². The van der Waals surface area contributed by atoms with Gasteiger partial charge in [0.1, 0.15) is 11.5 Å². The molecule has 17 heavy (non-hydrogen) atoms. The van der Waals surface area contributed by atoms with Gasteiger partial charge >= 0.3 is 5.97 Å². The largest absolute Gasteiger partial charge is 0.496 e. The average Bonchev–Trinajstić information content (AvgIpc) is 2.71. The van der Waals surface area contributed by atoms with E-state index in [0.29, 0.717) is 17.0 Å². The standard InChI is InChI=1S/C12H10ClNO3/c1-16-11-5-3-2-4-8(11)6-9-10(7-13)14-17-12(9)15/h2-6H,7H2,1H3. The van der Waals surface area contributed by atoms with Crippen LogP contribution in [0.5, 0.6) is 5.75 Å². The molecule has 0 aromatic heterocycles. The Hall–Kier alpha value is -1.81. The van der Waals surface area contributed by atoms with E-state index in [1.165, 1.54) is 0 Å². The molecule has 2 rings (SSSR count). The fourth-order valence-electron chi connectivity index (χ4n) is 1.49. The fourth-order valence-corrected chi connectivity index (χ4v) is 1.69. The molecule has 0 atom stereocenters. The Morgan fingerprint density at radius 3 is 2.94 bits per heavy atom. The normalized spacial score (nSPS) is 16.9. The van der Waals surface area contributed by atoms with Crippen molar-refractivity contribution in [3.8, 4) is 5.75 Å². The van der Waals surface area contributed by atoms with Gasteiger partial charge in [-0.3, -0.25) is 0 Å². The van der Waals surface area contributed by atoms with Crippen LogP contribution in [0, 0.1) is 0 Å². The molecule has 1 aromatic carbocycles. The van der Waals surface area contributed by atoms with Crippen LogP contribution in [0.4, 0.5) is 0 Å². The molecule has 1 heterocycles. The summed E-state index contributed by atoms with van der Waals surface area (Å²) in [4.78, 5) is 16.0. The predicted octanol–water partition coefficient (Wildman–Crippen LogP) is 2.23. The molecule has 0 radical (unpaired) electrons. The predicted molar refractivity (Wildman–Crippen MR) is 65.2 cm³/mol. The van der Waals surface area contributed by atoms with Gasteiger partial charge in [-0.25, -0.2) is 4.79 Å². The summed E-state index contributed by atoms with van der Waals surface area (Å²) in [6, 6.07) is 7.35. The second-order valence-corrected chi connectivity index (χ2v) is 3.62. The molecular formula is C12H10ClNO3. The Kier molecular flexibility index (Phi) is 3.44. The summed E-state index contributed by atoms with van der Waals surface area (Å²) in [6.45, 7) is 0. The van der Waals surface area contributed by atoms with Crippen LogP contribution in [0.3, 0.4) is 0 Å². The topological polar surface area (TPSA) is 47.9 Å². The van der Waals surface area contributed by atoms with Gasteiger partial charge in [0.05, 0.1) is 18.6 Å². The van der Waals surface area contributed by atoms with E-state index in [1.807, 2.05) is 24.3 Å². The van der Waals surface area contributed by atoms with E-state index in [9.17, 15) is 4.79 Å². The summed E-state index contributed by atoms with van der Waals surface area (Å²) >= 11 is 5.67. The van der Waals surface area contributed by atoms with Gasteiger partial charge in [0.2, 0.25) is 0 Å². The van der Waals surface area contributed by atoms with Gasteiger partial charge in [0, 0.05) is 5.56 Å². The van der Waals surface area contributed by atoms with E-state index in [-0.39, 0.29) is 5.88 Å². The molecule has 0 N–H and O–H groups in total. The molecular weight excluding hydrogens is 242 g/mol. The third-order valence-corrected chi connectivity index (χ3v) is 2.59. The number of rotatable bonds is 3. The SMILES string of the molecule is COc1ccccc1C=C1C(=O)ON=C1CCl. The zero-order valence-electron chi connectivity index (χ0n) is 9.14. The maximum atomic E-state index is 11.4. The van der Waals surface area contributed by atoms with Crippen molar-refractivity contribution in [2.24, 2.45) is 5.16 Å². The van der Waals surface area contributed by atoms with Crippen LogP contribution in [-0.2, 0) is 9.63 Å². The molecule has 0 bridgehead atoms. The summed E-state index contributed by atoms with van der Waals surface area (Å²) < 4.78 is 5.19. The monoisotopic (exact) mass is 251 g/mol. The van der Waals surface area contributed by atoms with Crippen LogP contribution in [0.2, 0.25) is 0 Å².